The monoisotopic (exact) mass is 472 g/mol. The van der Waals surface area contributed by atoms with Crippen molar-refractivity contribution >= 4 is 40.3 Å². The molecule has 0 unspecified atom stereocenters. The third kappa shape index (κ3) is 3.47. The number of nitrogens with zero attached hydrogens (tertiary/aromatic N) is 4. The zero-order chi connectivity index (χ0) is 23.2. The summed E-state index contributed by atoms with van der Waals surface area (Å²) >= 11 is 6.29. The van der Waals surface area contributed by atoms with Crippen molar-refractivity contribution in [1.82, 2.24) is 25.2 Å². The number of benzene rings is 2. The van der Waals surface area contributed by atoms with Crippen LogP contribution in [0.5, 0.6) is 0 Å². The number of aromatic nitrogens is 3. The molecule has 2 amide bonds. The highest BCUT2D eigenvalue weighted by Crippen LogP contribution is 2.35. The van der Waals surface area contributed by atoms with Gasteiger partial charge in [0.15, 0.2) is 0 Å². The topological polar surface area (TPSA) is 94.2 Å². The lowest BCUT2D eigenvalue weighted by Gasteiger charge is -2.34. The third-order valence-electron chi connectivity index (χ3n) is 6.47. The molecule has 170 valence electrons. The fourth-order valence-corrected chi connectivity index (χ4v) is 4.92. The maximum absolute atomic E-state index is 13.2. The van der Waals surface area contributed by atoms with E-state index in [1.54, 1.807) is 18.5 Å². The van der Waals surface area contributed by atoms with Crippen LogP contribution >= 0.6 is 11.6 Å². The summed E-state index contributed by atoms with van der Waals surface area (Å²) in [6, 6.07) is 13.1. The van der Waals surface area contributed by atoms with Gasteiger partial charge >= 0.3 is 0 Å². The number of fused-ring (bicyclic) bond motifs is 2. The largest absolute Gasteiger partial charge is 0.355 e. The van der Waals surface area contributed by atoms with E-state index in [4.69, 9.17) is 11.6 Å². The molecule has 2 N–H and O–H groups in total. The Hall–Kier alpha value is -3.91. The van der Waals surface area contributed by atoms with Crippen LogP contribution in [0.3, 0.4) is 0 Å². The van der Waals surface area contributed by atoms with Crippen LogP contribution in [0.2, 0.25) is 5.02 Å². The number of piperazine rings is 1. The summed E-state index contributed by atoms with van der Waals surface area (Å²) in [6.45, 7) is 3.04. The van der Waals surface area contributed by atoms with Crippen LogP contribution in [0.4, 0.5) is 5.95 Å². The number of carbonyl (C=O) groups is 2. The van der Waals surface area contributed by atoms with Gasteiger partial charge in [-0.3, -0.25) is 9.59 Å². The molecule has 4 heterocycles. The average molecular weight is 473 g/mol. The lowest BCUT2D eigenvalue weighted by Crippen LogP contribution is -2.49. The molecule has 9 heteroatoms. The second-order valence-electron chi connectivity index (χ2n) is 8.44. The number of rotatable bonds is 3. The van der Waals surface area contributed by atoms with Crippen molar-refractivity contribution in [2.75, 3.05) is 31.1 Å². The summed E-state index contributed by atoms with van der Waals surface area (Å²) in [5.41, 5.74) is 4.59. The Kier molecular flexibility index (Phi) is 4.95. The van der Waals surface area contributed by atoms with Crippen molar-refractivity contribution in [3.8, 4) is 11.3 Å². The zero-order valence-electron chi connectivity index (χ0n) is 18.2. The van der Waals surface area contributed by atoms with E-state index in [1.165, 1.54) is 0 Å². The molecule has 34 heavy (non-hydrogen) atoms. The van der Waals surface area contributed by atoms with Crippen molar-refractivity contribution < 1.29 is 9.59 Å². The molecule has 1 fully saturated rings. The fraction of sp³-hybridized carbons (Fsp3) is 0.200. The number of amides is 2. The lowest BCUT2D eigenvalue weighted by molar-refractivity contribution is 0.0746. The van der Waals surface area contributed by atoms with Crippen molar-refractivity contribution in [1.29, 1.82) is 0 Å². The summed E-state index contributed by atoms with van der Waals surface area (Å²) in [6.07, 6.45) is 3.45. The predicted octanol–water partition coefficient (Wildman–Crippen LogP) is 3.48. The number of hydrogen-bond acceptors (Lipinski definition) is 5. The minimum Gasteiger partial charge on any atom is -0.355 e. The maximum Gasteiger partial charge on any atom is 0.253 e. The van der Waals surface area contributed by atoms with Crippen LogP contribution < -0.4 is 10.2 Å². The Morgan fingerprint density at radius 1 is 1.00 bits per heavy atom. The molecular weight excluding hydrogens is 452 g/mol. The van der Waals surface area contributed by atoms with E-state index in [-0.39, 0.29) is 11.8 Å². The molecule has 4 aromatic rings. The van der Waals surface area contributed by atoms with E-state index in [2.05, 4.69) is 25.2 Å². The Bertz CT molecular complexity index is 1430. The first-order valence-electron chi connectivity index (χ1n) is 11.1. The first kappa shape index (κ1) is 20.7. The van der Waals surface area contributed by atoms with Crippen LogP contribution in [0, 0.1) is 0 Å². The number of hydrogen-bond donors (Lipinski definition) is 2. The van der Waals surface area contributed by atoms with Gasteiger partial charge in [0, 0.05) is 83.4 Å². The van der Waals surface area contributed by atoms with Crippen molar-refractivity contribution in [3.05, 3.63) is 76.6 Å². The molecule has 2 aliphatic rings. The van der Waals surface area contributed by atoms with Gasteiger partial charge < -0.3 is 20.1 Å². The Balaban J connectivity index is 1.24. The molecule has 1 saturated heterocycles. The van der Waals surface area contributed by atoms with Gasteiger partial charge in [0.05, 0.1) is 5.56 Å². The minimum atomic E-state index is -0.123. The first-order chi connectivity index (χ1) is 16.6. The molecule has 2 aromatic heterocycles. The van der Waals surface area contributed by atoms with Crippen molar-refractivity contribution in [2.24, 2.45) is 0 Å². The molecule has 0 bridgehead atoms. The second kappa shape index (κ2) is 8.14. The summed E-state index contributed by atoms with van der Waals surface area (Å²) in [7, 11) is 0. The van der Waals surface area contributed by atoms with Gasteiger partial charge in [-0.15, -0.1) is 0 Å². The van der Waals surface area contributed by atoms with E-state index in [0.717, 1.165) is 27.7 Å². The lowest BCUT2D eigenvalue weighted by atomic mass is 10.0. The van der Waals surface area contributed by atoms with Crippen molar-refractivity contribution in [2.45, 2.75) is 6.54 Å². The van der Waals surface area contributed by atoms with E-state index in [1.807, 2.05) is 41.3 Å². The summed E-state index contributed by atoms with van der Waals surface area (Å²) in [5.74, 6) is 0.574. The number of anilines is 1. The first-order valence-corrected chi connectivity index (χ1v) is 11.5. The van der Waals surface area contributed by atoms with Gasteiger partial charge in [-0.2, -0.15) is 0 Å². The van der Waals surface area contributed by atoms with Crippen LogP contribution in [0.25, 0.3) is 22.2 Å². The highest BCUT2D eigenvalue weighted by Gasteiger charge is 2.27. The van der Waals surface area contributed by atoms with E-state index in [0.29, 0.717) is 54.8 Å². The molecule has 6 rings (SSSR count). The molecule has 0 atom stereocenters. The number of halogens is 1. The molecule has 2 aliphatic heterocycles. The SMILES string of the molecule is O=C1NCc2c(Cl)ccc(-c3cc4cc(C(=O)N5CCN(c6ncccn6)CC5)ccc4[nH]3)c21. The molecule has 0 aliphatic carbocycles. The molecular formula is C25H21ClN6O2. The molecule has 0 saturated carbocycles. The van der Waals surface area contributed by atoms with Crippen LogP contribution in [-0.2, 0) is 6.54 Å². The van der Waals surface area contributed by atoms with Gasteiger partial charge in [0.25, 0.3) is 11.8 Å². The molecule has 2 aromatic carbocycles. The third-order valence-corrected chi connectivity index (χ3v) is 6.82. The Morgan fingerprint density at radius 2 is 1.79 bits per heavy atom. The normalized spacial score (nSPS) is 15.5. The number of nitrogens with one attached hydrogen (secondary N) is 2. The van der Waals surface area contributed by atoms with Crippen LogP contribution in [0.1, 0.15) is 26.3 Å². The average Bonchev–Trinajstić information content (AvgIpc) is 3.48. The van der Waals surface area contributed by atoms with Gasteiger partial charge in [0.1, 0.15) is 0 Å². The molecule has 8 nitrogen and oxygen atoms in total. The Labute approximate surface area is 200 Å². The smallest absolute Gasteiger partial charge is 0.253 e. The standard InChI is InChI=1S/C25H21ClN6O2/c26-19-4-3-17(22-18(19)14-29-23(22)33)21-13-16-12-15(2-5-20(16)30-21)24(34)31-8-10-32(11-9-31)25-27-6-1-7-28-25/h1-7,12-13,30H,8-11,14H2,(H,29,33). The van der Waals surface area contributed by atoms with Crippen LogP contribution in [0.15, 0.2) is 54.9 Å². The summed E-state index contributed by atoms with van der Waals surface area (Å²) < 4.78 is 0. The van der Waals surface area contributed by atoms with Gasteiger partial charge in [-0.25, -0.2) is 9.97 Å². The number of H-pyrrole nitrogens is 1. The zero-order valence-corrected chi connectivity index (χ0v) is 19.0. The highest BCUT2D eigenvalue weighted by molar-refractivity contribution is 6.32. The minimum absolute atomic E-state index is 0.00467. The van der Waals surface area contributed by atoms with Crippen molar-refractivity contribution in [3.63, 3.8) is 0 Å². The molecule has 0 radical (unpaired) electrons. The van der Waals surface area contributed by atoms with E-state index in [9.17, 15) is 9.59 Å². The highest BCUT2D eigenvalue weighted by atomic mass is 35.5. The summed E-state index contributed by atoms with van der Waals surface area (Å²) in [5, 5.41) is 4.34. The Morgan fingerprint density at radius 3 is 2.59 bits per heavy atom. The second-order valence-corrected chi connectivity index (χ2v) is 8.85. The van der Waals surface area contributed by atoms with Gasteiger partial charge in [-0.05, 0) is 36.4 Å². The summed E-state index contributed by atoms with van der Waals surface area (Å²) in [4.78, 5) is 41.5. The van der Waals surface area contributed by atoms with E-state index >= 15 is 0 Å². The quantitative estimate of drug-likeness (QED) is 0.476. The fourth-order valence-electron chi connectivity index (χ4n) is 4.69. The number of aromatic amines is 1. The van der Waals surface area contributed by atoms with Crippen LogP contribution in [-0.4, -0.2) is 57.8 Å². The van der Waals surface area contributed by atoms with E-state index < -0.39 is 0 Å². The van der Waals surface area contributed by atoms with Gasteiger partial charge in [-0.1, -0.05) is 17.7 Å². The maximum atomic E-state index is 13.2. The van der Waals surface area contributed by atoms with Gasteiger partial charge in [0.2, 0.25) is 5.95 Å². The molecule has 0 spiro atoms. The predicted molar refractivity (Wildman–Crippen MR) is 130 cm³/mol. The number of carbonyl (C=O) groups excluding carboxylic acids is 2.